The van der Waals surface area contributed by atoms with Gasteiger partial charge in [-0.1, -0.05) is 0 Å². The number of fused-ring (bicyclic) bond motifs is 3. The first-order valence-corrected chi connectivity index (χ1v) is 8.07. The van der Waals surface area contributed by atoms with Crippen LogP contribution in [0.15, 0.2) is 48.8 Å². The number of carboxylic acid groups (broad SMARTS) is 1. The molecule has 0 aliphatic rings. The van der Waals surface area contributed by atoms with E-state index in [-0.39, 0.29) is 5.69 Å². The fourth-order valence-corrected chi connectivity index (χ4v) is 2.91. The predicted octanol–water partition coefficient (Wildman–Crippen LogP) is 3.62. The van der Waals surface area contributed by atoms with Gasteiger partial charge in [-0.15, -0.1) is 0 Å². The molecule has 3 heterocycles. The Hall–Kier alpha value is -3.61. The minimum Gasteiger partial charge on any atom is -0.477 e. The van der Waals surface area contributed by atoms with Gasteiger partial charge in [-0.3, -0.25) is 4.98 Å². The van der Waals surface area contributed by atoms with E-state index in [9.17, 15) is 9.90 Å². The summed E-state index contributed by atoms with van der Waals surface area (Å²) in [5.74, 6) is -0.424. The number of nitrogens with zero attached hydrogens (tertiary/aromatic N) is 3. The van der Waals surface area contributed by atoms with Gasteiger partial charge in [-0.2, -0.15) is 0 Å². The average Bonchev–Trinajstić information content (AvgIpc) is 3.08. The van der Waals surface area contributed by atoms with Crippen LogP contribution in [0.4, 0.5) is 17.2 Å². The highest BCUT2D eigenvalue weighted by Gasteiger charge is 2.15. The van der Waals surface area contributed by atoms with Crippen molar-refractivity contribution >= 4 is 45.0 Å². The third-order valence-electron chi connectivity index (χ3n) is 4.25. The highest BCUT2D eigenvalue weighted by atomic mass is 16.4. The highest BCUT2D eigenvalue weighted by Crippen LogP contribution is 2.31. The molecule has 0 unspecified atom stereocenters. The Bertz CT molecular complexity index is 1120. The largest absolute Gasteiger partial charge is 0.477 e. The second kappa shape index (κ2) is 6.03. The van der Waals surface area contributed by atoms with Crippen LogP contribution >= 0.6 is 0 Å². The van der Waals surface area contributed by atoms with Gasteiger partial charge >= 0.3 is 5.97 Å². The summed E-state index contributed by atoms with van der Waals surface area (Å²) >= 11 is 0. The normalized spacial score (nSPS) is 11.0. The number of benzene rings is 1. The molecule has 0 amide bonds. The number of nitrogens with one attached hydrogen (secondary N) is 2. The van der Waals surface area contributed by atoms with Crippen molar-refractivity contribution in [2.24, 2.45) is 0 Å². The van der Waals surface area contributed by atoms with Crippen LogP contribution in [-0.4, -0.2) is 40.1 Å². The van der Waals surface area contributed by atoms with Crippen LogP contribution in [0, 0.1) is 0 Å². The molecule has 0 aliphatic heterocycles. The van der Waals surface area contributed by atoms with Gasteiger partial charge in [0.25, 0.3) is 0 Å². The van der Waals surface area contributed by atoms with Crippen molar-refractivity contribution in [3.8, 4) is 0 Å². The standard InChI is InChI=1S/C19H17N5O2/c1-24(2)12-5-3-11(4-6-12)21-18-14-9-15(19(25)26)22-17(14)13-7-8-20-10-16(13)23-18/h3-10,22H,1-2H3,(H,21,23)(H,25,26). The fourth-order valence-electron chi connectivity index (χ4n) is 2.91. The number of carboxylic acids is 1. The molecule has 0 atom stereocenters. The quantitative estimate of drug-likeness (QED) is 0.522. The van der Waals surface area contributed by atoms with E-state index >= 15 is 0 Å². The topological polar surface area (TPSA) is 94.1 Å². The number of anilines is 3. The molecule has 3 aromatic heterocycles. The number of H-pyrrole nitrogens is 1. The molecule has 7 nitrogen and oxygen atoms in total. The zero-order valence-electron chi connectivity index (χ0n) is 14.3. The van der Waals surface area contributed by atoms with Crippen LogP contribution in [0.1, 0.15) is 10.5 Å². The van der Waals surface area contributed by atoms with E-state index in [0.717, 1.165) is 27.7 Å². The van der Waals surface area contributed by atoms with E-state index < -0.39 is 5.97 Å². The molecular weight excluding hydrogens is 330 g/mol. The van der Waals surface area contributed by atoms with Gasteiger partial charge in [-0.05, 0) is 36.4 Å². The lowest BCUT2D eigenvalue weighted by molar-refractivity contribution is 0.0691. The molecule has 7 heteroatoms. The van der Waals surface area contributed by atoms with Gasteiger partial charge in [0, 0.05) is 42.4 Å². The maximum Gasteiger partial charge on any atom is 0.352 e. The Morgan fingerprint density at radius 2 is 1.92 bits per heavy atom. The van der Waals surface area contributed by atoms with E-state index in [1.165, 1.54) is 0 Å². The summed E-state index contributed by atoms with van der Waals surface area (Å²) in [5, 5.41) is 14.2. The minimum atomic E-state index is -1.01. The van der Waals surface area contributed by atoms with Gasteiger partial charge in [0.1, 0.15) is 11.5 Å². The Morgan fingerprint density at radius 1 is 1.15 bits per heavy atom. The van der Waals surface area contributed by atoms with Crippen LogP contribution in [0.3, 0.4) is 0 Å². The summed E-state index contributed by atoms with van der Waals surface area (Å²) in [5.41, 5.74) is 3.49. The van der Waals surface area contributed by atoms with E-state index in [1.807, 2.05) is 49.3 Å². The fraction of sp³-hybridized carbons (Fsp3) is 0.105. The van der Waals surface area contributed by atoms with Crippen molar-refractivity contribution in [3.63, 3.8) is 0 Å². The number of pyridine rings is 2. The molecule has 0 aliphatic carbocycles. The molecule has 4 aromatic rings. The zero-order chi connectivity index (χ0) is 18.3. The third-order valence-corrected chi connectivity index (χ3v) is 4.25. The van der Waals surface area contributed by atoms with Crippen LogP contribution in [0.2, 0.25) is 0 Å². The van der Waals surface area contributed by atoms with Gasteiger partial charge in [-0.25, -0.2) is 9.78 Å². The molecule has 0 bridgehead atoms. The molecule has 26 heavy (non-hydrogen) atoms. The molecule has 1 aromatic carbocycles. The maximum absolute atomic E-state index is 11.4. The number of carbonyl (C=O) groups is 1. The van der Waals surface area contributed by atoms with Gasteiger partial charge in [0.05, 0.1) is 17.2 Å². The second-order valence-electron chi connectivity index (χ2n) is 6.20. The average molecular weight is 347 g/mol. The third kappa shape index (κ3) is 2.69. The van der Waals surface area contributed by atoms with Crippen LogP contribution in [-0.2, 0) is 0 Å². The molecule has 0 fully saturated rings. The highest BCUT2D eigenvalue weighted by molar-refractivity contribution is 6.11. The van der Waals surface area contributed by atoms with Crippen molar-refractivity contribution in [2.45, 2.75) is 0 Å². The molecular formula is C19H17N5O2. The molecule has 0 radical (unpaired) electrons. The van der Waals surface area contributed by atoms with E-state index in [4.69, 9.17) is 0 Å². The van der Waals surface area contributed by atoms with Crippen molar-refractivity contribution in [1.82, 2.24) is 15.0 Å². The van der Waals surface area contributed by atoms with Crippen molar-refractivity contribution < 1.29 is 9.90 Å². The van der Waals surface area contributed by atoms with Crippen molar-refractivity contribution in [3.05, 3.63) is 54.5 Å². The molecule has 0 spiro atoms. The van der Waals surface area contributed by atoms with Crippen molar-refractivity contribution in [2.75, 3.05) is 24.3 Å². The first-order chi connectivity index (χ1) is 12.5. The first kappa shape index (κ1) is 15.9. The smallest absolute Gasteiger partial charge is 0.352 e. The molecule has 3 N–H and O–H groups in total. The Kier molecular flexibility index (Phi) is 3.69. The van der Waals surface area contributed by atoms with Gasteiger partial charge < -0.3 is 20.3 Å². The zero-order valence-corrected chi connectivity index (χ0v) is 14.3. The summed E-state index contributed by atoms with van der Waals surface area (Å²) in [6.45, 7) is 0. The SMILES string of the molecule is CN(C)c1ccc(Nc2nc3cnccc3c3[nH]c(C(=O)O)cc23)cc1. The van der Waals surface area contributed by atoms with E-state index in [0.29, 0.717) is 11.3 Å². The first-order valence-electron chi connectivity index (χ1n) is 8.07. The molecule has 0 saturated heterocycles. The number of rotatable bonds is 4. The Balaban J connectivity index is 1.85. The minimum absolute atomic E-state index is 0.122. The van der Waals surface area contributed by atoms with E-state index in [1.54, 1.807) is 18.5 Å². The Labute approximate surface area is 149 Å². The number of aromatic nitrogens is 3. The number of hydrogen-bond acceptors (Lipinski definition) is 5. The van der Waals surface area contributed by atoms with Crippen LogP contribution < -0.4 is 10.2 Å². The monoisotopic (exact) mass is 347 g/mol. The maximum atomic E-state index is 11.4. The lowest BCUT2D eigenvalue weighted by Crippen LogP contribution is -2.08. The molecule has 4 rings (SSSR count). The molecule has 130 valence electrons. The summed E-state index contributed by atoms with van der Waals surface area (Å²) in [6, 6.07) is 11.3. The number of aromatic carboxylic acids is 1. The summed E-state index contributed by atoms with van der Waals surface area (Å²) in [6.07, 6.45) is 3.33. The summed E-state index contributed by atoms with van der Waals surface area (Å²) < 4.78 is 0. The number of aromatic amines is 1. The van der Waals surface area contributed by atoms with Crippen molar-refractivity contribution in [1.29, 1.82) is 0 Å². The Morgan fingerprint density at radius 3 is 2.62 bits per heavy atom. The second-order valence-corrected chi connectivity index (χ2v) is 6.20. The summed E-state index contributed by atoms with van der Waals surface area (Å²) in [7, 11) is 3.97. The lowest BCUT2D eigenvalue weighted by atomic mass is 10.2. The number of hydrogen-bond donors (Lipinski definition) is 3. The lowest BCUT2D eigenvalue weighted by Gasteiger charge is -2.14. The van der Waals surface area contributed by atoms with Gasteiger partial charge in [0.15, 0.2) is 0 Å². The van der Waals surface area contributed by atoms with Gasteiger partial charge in [0.2, 0.25) is 0 Å². The van der Waals surface area contributed by atoms with E-state index in [2.05, 4.69) is 20.3 Å². The van der Waals surface area contributed by atoms with Crippen LogP contribution in [0.25, 0.3) is 21.8 Å². The summed E-state index contributed by atoms with van der Waals surface area (Å²) in [4.78, 5) is 25.1. The van der Waals surface area contributed by atoms with Crippen LogP contribution in [0.5, 0.6) is 0 Å². The predicted molar refractivity (Wildman–Crippen MR) is 102 cm³/mol. The molecule has 0 saturated carbocycles.